The van der Waals surface area contributed by atoms with Gasteiger partial charge in [-0.3, -0.25) is 4.79 Å². The van der Waals surface area contributed by atoms with Crippen molar-refractivity contribution in [2.24, 2.45) is 0 Å². The second-order valence-corrected chi connectivity index (χ2v) is 6.69. The first-order chi connectivity index (χ1) is 13.1. The van der Waals surface area contributed by atoms with Gasteiger partial charge in [-0.2, -0.15) is 13.2 Å². The second-order valence-electron chi connectivity index (χ2n) is 6.69. The molecule has 0 atom stereocenters. The number of phenolic OH excluding ortho intramolecular Hbond substituents is 1. The van der Waals surface area contributed by atoms with Crippen LogP contribution in [0.4, 0.5) is 13.2 Å². The van der Waals surface area contributed by atoms with Gasteiger partial charge in [0.1, 0.15) is 18.0 Å². The van der Waals surface area contributed by atoms with Gasteiger partial charge in [0.15, 0.2) is 5.58 Å². The van der Waals surface area contributed by atoms with Crippen molar-refractivity contribution < 1.29 is 32.3 Å². The Morgan fingerprint density at radius 1 is 1.11 bits per heavy atom. The largest absolute Gasteiger partial charge is 0.507 e. The summed E-state index contributed by atoms with van der Waals surface area (Å²) in [6.45, 7) is 0.186. The lowest BCUT2D eigenvalue weighted by Gasteiger charge is -2.16. The molecule has 0 saturated heterocycles. The Labute approximate surface area is 158 Å². The van der Waals surface area contributed by atoms with Crippen LogP contribution in [0.25, 0.3) is 22.1 Å². The van der Waals surface area contributed by atoms with Gasteiger partial charge in [0, 0.05) is 0 Å². The molecule has 5 nitrogen and oxygen atoms in total. The van der Waals surface area contributed by atoms with Crippen LogP contribution in [0.5, 0.6) is 11.5 Å². The van der Waals surface area contributed by atoms with Gasteiger partial charge in [-0.15, -0.1) is 0 Å². The van der Waals surface area contributed by atoms with E-state index in [4.69, 9.17) is 9.15 Å². The summed E-state index contributed by atoms with van der Waals surface area (Å²) in [5.41, 5.74) is -1.42. The summed E-state index contributed by atoms with van der Waals surface area (Å²) in [6, 6.07) is 8.25. The summed E-state index contributed by atoms with van der Waals surface area (Å²) in [7, 11) is 4.97. The Morgan fingerprint density at radius 3 is 2.29 bits per heavy atom. The Kier molecular flexibility index (Phi) is 5.08. The van der Waals surface area contributed by atoms with Crippen LogP contribution < -0.4 is 15.1 Å². The van der Waals surface area contributed by atoms with E-state index < -0.39 is 22.9 Å². The van der Waals surface area contributed by atoms with E-state index in [2.05, 4.69) is 0 Å². The van der Waals surface area contributed by atoms with Gasteiger partial charge in [0.2, 0.25) is 11.2 Å². The van der Waals surface area contributed by atoms with Crippen LogP contribution in [0.1, 0.15) is 11.3 Å². The number of benzene rings is 2. The standard InChI is InChI=1S/C20H18F3NO4/c1-24(2)10-14-15(25)9-8-13-17(26)16(11-4-6-12(27-3)7-5-11)19(20(21,22)23)28-18(13)14/h4-9,25H,10H2,1-3H3/p+1. The number of rotatable bonds is 4. The molecule has 0 aliphatic heterocycles. The zero-order valence-corrected chi connectivity index (χ0v) is 15.5. The zero-order chi connectivity index (χ0) is 20.6. The first-order valence-electron chi connectivity index (χ1n) is 8.45. The van der Waals surface area contributed by atoms with Crippen molar-refractivity contribution in [3.05, 3.63) is 57.9 Å². The van der Waals surface area contributed by atoms with Crippen molar-refractivity contribution in [3.8, 4) is 22.6 Å². The Hall–Kier alpha value is -3.00. The third kappa shape index (κ3) is 3.55. The normalized spacial score (nSPS) is 12.0. The fourth-order valence-corrected chi connectivity index (χ4v) is 3.05. The molecular formula is C20H19F3NO4+. The fraction of sp³-hybridized carbons (Fsp3) is 0.250. The Morgan fingerprint density at radius 2 is 1.75 bits per heavy atom. The molecule has 8 heteroatoms. The summed E-state index contributed by atoms with van der Waals surface area (Å²) in [4.78, 5) is 13.9. The molecule has 0 saturated carbocycles. The van der Waals surface area contributed by atoms with Crippen LogP contribution in [-0.4, -0.2) is 26.3 Å². The van der Waals surface area contributed by atoms with E-state index in [9.17, 15) is 23.1 Å². The first-order valence-corrected chi connectivity index (χ1v) is 8.45. The minimum absolute atomic E-state index is 0.0205. The zero-order valence-electron chi connectivity index (χ0n) is 15.5. The maximum atomic E-state index is 13.8. The maximum Gasteiger partial charge on any atom is 0.450 e. The van der Waals surface area contributed by atoms with E-state index in [1.54, 1.807) is 14.1 Å². The van der Waals surface area contributed by atoms with Gasteiger partial charge < -0.3 is 19.2 Å². The summed E-state index contributed by atoms with van der Waals surface area (Å²) in [5.74, 6) is -1.17. The SMILES string of the molecule is COc1ccc(-c2c(C(F)(F)F)oc3c(C[NH+](C)C)c(O)ccc3c2=O)cc1. The van der Waals surface area contributed by atoms with Crippen LogP contribution >= 0.6 is 0 Å². The highest BCUT2D eigenvalue weighted by molar-refractivity contribution is 5.86. The highest BCUT2D eigenvalue weighted by atomic mass is 19.4. The molecule has 2 aromatic carbocycles. The van der Waals surface area contributed by atoms with Crippen LogP contribution in [0, 0.1) is 0 Å². The molecule has 2 N–H and O–H groups in total. The molecule has 0 amide bonds. The van der Waals surface area contributed by atoms with E-state index in [0.717, 1.165) is 4.90 Å². The van der Waals surface area contributed by atoms with Crippen LogP contribution in [0.2, 0.25) is 0 Å². The van der Waals surface area contributed by atoms with E-state index in [1.807, 2.05) is 0 Å². The molecule has 0 unspecified atom stereocenters. The van der Waals surface area contributed by atoms with Gasteiger partial charge in [-0.05, 0) is 29.8 Å². The number of alkyl halides is 3. The van der Waals surface area contributed by atoms with Crippen molar-refractivity contribution in [2.45, 2.75) is 12.7 Å². The molecule has 3 rings (SSSR count). The van der Waals surface area contributed by atoms with Crippen molar-refractivity contribution in [1.82, 2.24) is 0 Å². The van der Waals surface area contributed by atoms with Crippen molar-refractivity contribution in [1.29, 1.82) is 0 Å². The highest BCUT2D eigenvalue weighted by Gasteiger charge is 2.40. The molecule has 28 heavy (non-hydrogen) atoms. The number of fused-ring (bicyclic) bond motifs is 1. The van der Waals surface area contributed by atoms with Gasteiger partial charge in [-0.1, -0.05) is 12.1 Å². The van der Waals surface area contributed by atoms with Gasteiger partial charge in [-0.25, -0.2) is 0 Å². The van der Waals surface area contributed by atoms with Gasteiger partial charge >= 0.3 is 6.18 Å². The lowest BCUT2D eigenvalue weighted by molar-refractivity contribution is -0.872. The average molecular weight is 394 g/mol. The van der Waals surface area contributed by atoms with Crippen molar-refractivity contribution in [2.75, 3.05) is 21.2 Å². The number of quaternary nitrogens is 1. The molecule has 0 radical (unpaired) electrons. The lowest BCUT2D eigenvalue weighted by Crippen LogP contribution is -3.04. The minimum Gasteiger partial charge on any atom is -0.507 e. The maximum absolute atomic E-state index is 13.8. The number of hydrogen-bond donors (Lipinski definition) is 2. The molecule has 0 aliphatic rings. The quantitative estimate of drug-likeness (QED) is 0.714. The molecule has 0 spiro atoms. The van der Waals surface area contributed by atoms with E-state index in [1.165, 1.54) is 43.5 Å². The number of halogens is 3. The Balaban J connectivity index is 2.39. The van der Waals surface area contributed by atoms with E-state index in [0.29, 0.717) is 5.75 Å². The van der Waals surface area contributed by atoms with Crippen LogP contribution in [-0.2, 0) is 12.7 Å². The predicted molar refractivity (Wildman–Crippen MR) is 97.7 cm³/mol. The topological polar surface area (TPSA) is 64.1 Å². The summed E-state index contributed by atoms with van der Waals surface area (Å²) in [5, 5.41) is 10.1. The molecule has 0 bridgehead atoms. The van der Waals surface area contributed by atoms with Crippen LogP contribution in [0.15, 0.2) is 45.6 Å². The number of methoxy groups -OCH3 is 1. The molecule has 1 heterocycles. The van der Waals surface area contributed by atoms with Crippen LogP contribution in [0.3, 0.4) is 0 Å². The Bertz CT molecular complexity index is 1070. The number of ether oxygens (including phenoxy) is 1. The second kappa shape index (κ2) is 7.20. The van der Waals surface area contributed by atoms with Crippen molar-refractivity contribution >= 4 is 11.0 Å². The van der Waals surface area contributed by atoms with Gasteiger partial charge in [0.25, 0.3) is 0 Å². The monoisotopic (exact) mass is 394 g/mol. The van der Waals surface area contributed by atoms with Gasteiger partial charge in [0.05, 0.1) is 37.7 Å². The highest BCUT2D eigenvalue weighted by Crippen LogP contribution is 2.39. The third-order valence-corrected chi connectivity index (χ3v) is 4.31. The molecule has 3 aromatic rings. The third-order valence-electron chi connectivity index (χ3n) is 4.31. The molecule has 0 aliphatic carbocycles. The summed E-state index contributed by atoms with van der Waals surface area (Å²) in [6.07, 6.45) is -4.89. The average Bonchev–Trinajstić information content (AvgIpc) is 2.63. The molecule has 148 valence electrons. The number of nitrogens with one attached hydrogen (secondary N) is 1. The lowest BCUT2D eigenvalue weighted by atomic mass is 10.00. The predicted octanol–water partition coefficient (Wildman–Crippen LogP) is 2.84. The summed E-state index contributed by atoms with van der Waals surface area (Å²) < 4.78 is 51.5. The fourth-order valence-electron chi connectivity index (χ4n) is 3.05. The molecule has 1 aromatic heterocycles. The number of aromatic hydroxyl groups is 1. The molecule has 0 fully saturated rings. The van der Waals surface area contributed by atoms with E-state index >= 15 is 0 Å². The number of phenols is 1. The molecular weight excluding hydrogens is 375 g/mol. The van der Waals surface area contributed by atoms with E-state index in [-0.39, 0.29) is 34.4 Å². The smallest absolute Gasteiger partial charge is 0.450 e. The minimum atomic E-state index is -4.89. The summed E-state index contributed by atoms with van der Waals surface area (Å²) >= 11 is 0. The van der Waals surface area contributed by atoms with Crippen molar-refractivity contribution in [3.63, 3.8) is 0 Å². The first kappa shape index (κ1) is 19.8. The number of hydrogen-bond acceptors (Lipinski definition) is 4.